The van der Waals surface area contributed by atoms with Gasteiger partial charge >= 0.3 is 0 Å². The van der Waals surface area contributed by atoms with Crippen molar-refractivity contribution in [1.29, 1.82) is 0 Å². The highest BCUT2D eigenvalue weighted by Gasteiger charge is 2.12. The van der Waals surface area contributed by atoms with Crippen LogP contribution in [0.25, 0.3) is 16.9 Å². The van der Waals surface area contributed by atoms with Crippen LogP contribution in [0.3, 0.4) is 0 Å². The number of rotatable bonds is 5. The maximum atomic E-state index is 12.3. The maximum absolute atomic E-state index is 12.3. The average Bonchev–Trinajstić information content (AvgIpc) is 2.90. The molecule has 0 aliphatic carbocycles. The number of nitrogens with zero attached hydrogens (tertiary/aromatic N) is 3. The van der Waals surface area contributed by atoms with Gasteiger partial charge in [-0.15, -0.1) is 0 Å². The molecule has 5 nitrogen and oxygen atoms in total. The number of hydrogen-bond acceptors (Lipinski definition) is 3. The molecule has 0 aliphatic heterocycles. The molecular formula is C19H22N4O. The molecule has 24 heavy (non-hydrogen) atoms. The van der Waals surface area contributed by atoms with Crippen LogP contribution >= 0.6 is 0 Å². The van der Waals surface area contributed by atoms with E-state index in [4.69, 9.17) is 0 Å². The monoisotopic (exact) mass is 322 g/mol. The van der Waals surface area contributed by atoms with Crippen LogP contribution in [0, 0.1) is 12.8 Å². The predicted molar refractivity (Wildman–Crippen MR) is 95.4 cm³/mol. The number of aryl methyl sites for hydroxylation is 1. The fourth-order valence-corrected chi connectivity index (χ4v) is 2.70. The van der Waals surface area contributed by atoms with Gasteiger partial charge in [0.05, 0.1) is 0 Å². The quantitative estimate of drug-likeness (QED) is 0.782. The van der Waals surface area contributed by atoms with Crippen molar-refractivity contribution in [1.82, 2.24) is 19.9 Å². The number of amides is 1. The number of pyridine rings is 1. The third kappa shape index (κ3) is 3.30. The highest BCUT2D eigenvalue weighted by atomic mass is 16.1. The maximum Gasteiger partial charge on any atom is 0.251 e. The van der Waals surface area contributed by atoms with Crippen molar-refractivity contribution in [2.24, 2.45) is 5.92 Å². The first kappa shape index (κ1) is 16.2. The van der Waals surface area contributed by atoms with Crippen LogP contribution in [0.2, 0.25) is 0 Å². The highest BCUT2D eigenvalue weighted by Crippen LogP contribution is 2.20. The van der Waals surface area contributed by atoms with E-state index in [1.807, 2.05) is 47.9 Å². The standard InChI is InChI=1S/C19H22N4O/c1-13(2)9-11-21-19(24)15-6-4-7-16(12-15)23-14(3)22-17-8-5-10-20-18(17)23/h4-8,10,12-13H,9,11H2,1-3H3,(H,21,24). The molecule has 1 aromatic carbocycles. The normalized spacial score (nSPS) is 11.2. The second-order valence-corrected chi connectivity index (χ2v) is 6.33. The molecule has 0 fully saturated rings. The minimum absolute atomic E-state index is 0.0486. The zero-order valence-electron chi connectivity index (χ0n) is 14.3. The zero-order valence-corrected chi connectivity index (χ0v) is 14.3. The Morgan fingerprint density at radius 3 is 2.88 bits per heavy atom. The second kappa shape index (κ2) is 6.83. The third-order valence-corrected chi connectivity index (χ3v) is 3.96. The van der Waals surface area contributed by atoms with Gasteiger partial charge in [0.1, 0.15) is 11.3 Å². The van der Waals surface area contributed by atoms with Crippen LogP contribution in [-0.4, -0.2) is 27.0 Å². The molecule has 1 N–H and O–H groups in total. The van der Waals surface area contributed by atoms with Crippen molar-refractivity contribution in [3.63, 3.8) is 0 Å². The molecule has 2 heterocycles. The van der Waals surface area contributed by atoms with Gasteiger partial charge < -0.3 is 5.32 Å². The fraction of sp³-hybridized carbons (Fsp3) is 0.316. The first-order valence-corrected chi connectivity index (χ1v) is 8.25. The first-order valence-electron chi connectivity index (χ1n) is 8.25. The third-order valence-electron chi connectivity index (χ3n) is 3.96. The molecular weight excluding hydrogens is 300 g/mol. The Morgan fingerprint density at radius 1 is 1.25 bits per heavy atom. The Labute approximate surface area is 141 Å². The van der Waals surface area contributed by atoms with Crippen LogP contribution in [0.1, 0.15) is 36.5 Å². The van der Waals surface area contributed by atoms with Gasteiger partial charge in [-0.2, -0.15) is 0 Å². The minimum Gasteiger partial charge on any atom is -0.352 e. The van der Waals surface area contributed by atoms with Crippen molar-refractivity contribution in [2.75, 3.05) is 6.54 Å². The molecule has 0 bridgehead atoms. The summed E-state index contributed by atoms with van der Waals surface area (Å²) in [5.41, 5.74) is 3.19. The summed E-state index contributed by atoms with van der Waals surface area (Å²) < 4.78 is 1.97. The molecule has 0 spiro atoms. The lowest BCUT2D eigenvalue weighted by atomic mass is 10.1. The zero-order chi connectivity index (χ0) is 17.1. The van der Waals surface area contributed by atoms with Gasteiger partial charge in [0, 0.05) is 24.0 Å². The number of imidazole rings is 1. The van der Waals surface area contributed by atoms with E-state index in [1.165, 1.54) is 0 Å². The molecule has 5 heteroatoms. The molecule has 1 amide bonds. The van der Waals surface area contributed by atoms with Gasteiger partial charge in [0.2, 0.25) is 0 Å². The lowest BCUT2D eigenvalue weighted by molar-refractivity contribution is 0.0952. The molecule has 2 aromatic heterocycles. The summed E-state index contributed by atoms with van der Waals surface area (Å²) in [7, 11) is 0. The average molecular weight is 322 g/mol. The summed E-state index contributed by atoms with van der Waals surface area (Å²) in [6, 6.07) is 11.4. The Bertz CT molecular complexity index is 867. The summed E-state index contributed by atoms with van der Waals surface area (Å²) in [6.45, 7) is 6.92. The largest absolute Gasteiger partial charge is 0.352 e. The molecule has 124 valence electrons. The van der Waals surface area contributed by atoms with Crippen molar-refractivity contribution in [2.45, 2.75) is 27.2 Å². The molecule has 0 saturated carbocycles. The number of carbonyl (C=O) groups is 1. The predicted octanol–water partition coefficient (Wildman–Crippen LogP) is 3.50. The van der Waals surface area contributed by atoms with Gasteiger partial charge in [-0.1, -0.05) is 19.9 Å². The lowest BCUT2D eigenvalue weighted by Gasteiger charge is -2.10. The summed E-state index contributed by atoms with van der Waals surface area (Å²) in [5.74, 6) is 1.37. The molecule has 3 aromatic rings. The molecule has 3 rings (SSSR count). The van der Waals surface area contributed by atoms with E-state index in [2.05, 4.69) is 29.1 Å². The number of benzene rings is 1. The SMILES string of the molecule is Cc1nc2cccnc2n1-c1cccc(C(=O)NCCC(C)C)c1. The van der Waals surface area contributed by atoms with E-state index in [9.17, 15) is 4.79 Å². The van der Waals surface area contributed by atoms with Crippen LogP contribution in [0.5, 0.6) is 0 Å². The Hall–Kier alpha value is -2.69. The molecule has 0 radical (unpaired) electrons. The van der Waals surface area contributed by atoms with E-state index in [1.54, 1.807) is 6.20 Å². The van der Waals surface area contributed by atoms with Gasteiger partial charge in [-0.25, -0.2) is 9.97 Å². The van der Waals surface area contributed by atoms with E-state index in [0.717, 1.165) is 29.1 Å². The Balaban J connectivity index is 1.90. The van der Waals surface area contributed by atoms with E-state index in [0.29, 0.717) is 18.0 Å². The Morgan fingerprint density at radius 2 is 2.08 bits per heavy atom. The Kier molecular flexibility index (Phi) is 4.60. The van der Waals surface area contributed by atoms with Crippen LogP contribution < -0.4 is 5.32 Å². The topological polar surface area (TPSA) is 59.8 Å². The van der Waals surface area contributed by atoms with Crippen molar-refractivity contribution in [3.05, 3.63) is 54.0 Å². The van der Waals surface area contributed by atoms with E-state index in [-0.39, 0.29) is 5.91 Å². The van der Waals surface area contributed by atoms with Gasteiger partial charge in [0.15, 0.2) is 5.65 Å². The van der Waals surface area contributed by atoms with Crippen molar-refractivity contribution < 1.29 is 4.79 Å². The molecule has 0 atom stereocenters. The molecule has 0 unspecified atom stereocenters. The fourth-order valence-electron chi connectivity index (χ4n) is 2.70. The minimum atomic E-state index is -0.0486. The number of nitrogens with one attached hydrogen (secondary N) is 1. The van der Waals surface area contributed by atoms with E-state index >= 15 is 0 Å². The van der Waals surface area contributed by atoms with Crippen LogP contribution in [0.4, 0.5) is 0 Å². The van der Waals surface area contributed by atoms with Crippen molar-refractivity contribution in [3.8, 4) is 5.69 Å². The van der Waals surface area contributed by atoms with Crippen molar-refractivity contribution >= 4 is 17.1 Å². The van der Waals surface area contributed by atoms with E-state index < -0.39 is 0 Å². The van der Waals surface area contributed by atoms with Gasteiger partial charge in [0.25, 0.3) is 5.91 Å². The van der Waals surface area contributed by atoms with Crippen LogP contribution in [-0.2, 0) is 0 Å². The molecule has 0 saturated heterocycles. The van der Waals surface area contributed by atoms with Crippen LogP contribution in [0.15, 0.2) is 42.6 Å². The highest BCUT2D eigenvalue weighted by molar-refractivity contribution is 5.94. The second-order valence-electron chi connectivity index (χ2n) is 6.33. The summed E-state index contributed by atoms with van der Waals surface area (Å²) >= 11 is 0. The number of aromatic nitrogens is 3. The molecule has 0 aliphatic rings. The lowest BCUT2D eigenvalue weighted by Crippen LogP contribution is -2.25. The number of carbonyl (C=O) groups excluding carboxylic acids is 1. The first-order chi connectivity index (χ1) is 11.6. The summed E-state index contributed by atoms with van der Waals surface area (Å²) in [4.78, 5) is 21.3. The number of hydrogen-bond donors (Lipinski definition) is 1. The summed E-state index contributed by atoms with van der Waals surface area (Å²) in [6.07, 6.45) is 2.73. The number of fused-ring (bicyclic) bond motifs is 1. The van der Waals surface area contributed by atoms with Gasteiger partial charge in [-0.3, -0.25) is 9.36 Å². The smallest absolute Gasteiger partial charge is 0.251 e. The van der Waals surface area contributed by atoms with Gasteiger partial charge in [-0.05, 0) is 49.6 Å². The summed E-state index contributed by atoms with van der Waals surface area (Å²) in [5, 5.41) is 2.98.